The van der Waals surface area contributed by atoms with Crippen molar-refractivity contribution < 1.29 is 27.5 Å². The second-order valence-corrected chi connectivity index (χ2v) is 9.05. The standard InChI is InChI=1S/C24H27F3N6O3/c1-13-7-14(2)17(18(34)8-13)10-28-23(35)20-19(24(25,26)27)22(33-5-6-36-12-15(33)3)31-21(30-20)16-9-29-32(4)11-16/h7,9,11,15H,5-6,8,10,12H2,1-4H3,(H,28,35)/t15-/m0/s1. The van der Waals surface area contributed by atoms with Crippen LogP contribution in [0.2, 0.25) is 0 Å². The van der Waals surface area contributed by atoms with E-state index in [-0.39, 0.29) is 50.1 Å². The molecule has 36 heavy (non-hydrogen) atoms. The van der Waals surface area contributed by atoms with Gasteiger partial charge in [0.15, 0.2) is 11.6 Å². The molecule has 4 rings (SSSR count). The minimum atomic E-state index is -4.91. The third-order valence-corrected chi connectivity index (χ3v) is 6.13. The van der Waals surface area contributed by atoms with Crippen LogP contribution in [0.5, 0.6) is 0 Å². The van der Waals surface area contributed by atoms with Crippen molar-refractivity contribution in [3.8, 4) is 11.4 Å². The third-order valence-electron chi connectivity index (χ3n) is 6.13. The fraction of sp³-hybridized carbons (Fsp3) is 0.458. The highest BCUT2D eigenvalue weighted by Crippen LogP contribution is 2.39. The Kier molecular flexibility index (Phi) is 6.98. The lowest BCUT2D eigenvalue weighted by Crippen LogP contribution is -2.45. The molecule has 0 unspecified atom stereocenters. The first-order valence-corrected chi connectivity index (χ1v) is 11.5. The second-order valence-electron chi connectivity index (χ2n) is 9.05. The summed E-state index contributed by atoms with van der Waals surface area (Å²) >= 11 is 0. The Morgan fingerprint density at radius 2 is 2.03 bits per heavy atom. The summed E-state index contributed by atoms with van der Waals surface area (Å²) in [5, 5.41) is 6.53. The van der Waals surface area contributed by atoms with Crippen LogP contribution < -0.4 is 10.2 Å². The van der Waals surface area contributed by atoms with Crippen LogP contribution >= 0.6 is 0 Å². The monoisotopic (exact) mass is 504 g/mol. The van der Waals surface area contributed by atoms with Gasteiger partial charge in [0.1, 0.15) is 17.1 Å². The van der Waals surface area contributed by atoms with E-state index in [9.17, 15) is 22.8 Å². The third kappa shape index (κ3) is 5.18. The molecule has 9 nitrogen and oxygen atoms in total. The van der Waals surface area contributed by atoms with Gasteiger partial charge in [0.05, 0.1) is 31.0 Å². The summed E-state index contributed by atoms with van der Waals surface area (Å²) in [6, 6.07) is -0.407. The van der Waals surface area contributed by atoms with Crippen molar-refractivity contribution in [1.29, 1.82) is 0 Å². The number of nitrogens with one attached hydrogen (secondary N) is 1. The minimum Gasteiger partial charge on any atom is -0.377 e. The van der Waals surface area contributed by atoms with Gasteiger partial charge in [0.25, 0.3) is 5.91 Å². The zero-order chi connectivity index (χ0) is 26.2. The number of carbonyl (C=O) groups is 2. The van der Waals surface area contributed by atoms with Crippen molar-refractivity contribution in [1.82, 2.24) is 25.1 Å². The highest BCUT2D eigenvalue weighted by atomic mass is 19.4. The van der Waals surface area contributed by atoms with Crippen molar-refractivity contribution in [2.24, 2.45) is 7.05 Å². The molecule has 1 atom stereocenters. The number of Topliss-reactive ketones (excluding diaryl/α,β-unsaturated/α-hetero) is 1. The topological polar surface area (TPSA) is 102 Å². The quantitative estimate of drug-likeness (QED) is 0.668. The predicted molar refractivity (Wildman–Crippen MR) is 125 cm³/mol. The fourth-order valence-corrected chi connectivity index (χ4v) is 4.37. The molecule has 0 spiro atoms. The number of morpholine rings is 1. The van der Waals surface area contributed by atoms with Gasteiger partial charge >= 0.3 is 6.18 Å². The summed E-state index contributed by atoms with van der Waals surface area (Å²) in [7, 11) is 1.65. The van der Waals surface area contributed by atoms with Crippen LogP contribution in [0.25, 0.3) is 11.4 Å². The van der Waals surface area contributed by atoms with E-state index in [1.807, 2.05) is 13.0 Å². The Hall–Kier alpha value is -3.54. The molecule has 3 heterocycles. The fourth-order valence-electron chi connectivity index (χ4n) is 4.37. The number of hydrogen-bond donors (Lipinski definition) is 1. The molecule has 1 aliphatic heterocycles. The molecule has 2 aromatic heterocycles. The Morgan fingerprint density at radius 1 is 1.28 bits per heavy atom. The van der Waals surface area contributed by atoms with Crippen LogP contribution in [0.1, 0.15) is 43.2 Å². The number of allylic oxidation sites excluding steroid dienone is 3. The first-order chi connectivity index (χ1) is 17.0. The summed E-state index contributed by atoms with van der Waals surface area (Å²) in [5.74, 6) is -1.67. The predicted octanol–water partition coefficient (Wildman–Crippen LogP) is 3.09. The van der Waals surface area contributed by atoms with Gasteiger partial charge in [-0.2, -0.15) is 18.3 Å². The van der Waals surface area contributed by atoms with Crippen LogP contribution in [0.15, 0.2) is 35.2 Å². The van der Waals surface area contributed by atoms with E-state index < -0.39 is 29.4 Å². The van der Waals surface area contributed by atoms with Crippen LogP contribution in [0, 0.1) is 0 Å². The zero-order valence-corrected chi connectivity index (χ0v) is 20.4. The van der Waals surface area contributed by atoms with Gasteiger partial charge in [-0.05, 0) is 26.3 Å². The molecule has 1 amide bonds. The van der Waals surface area contributed by atoms with Gasteiger partial charge in [-0.25, -0.2) is 9.97 Å². The lowest BCUT2D eigenvalue weighted by molar-refractivity contribution is -0.138. The largest absolute Gasteiger partial charge is 0.422 e. The number of rotatable bonds is 5. The number of anilines is 1. The molecule has 0 radical (unpaired) electrons. The maximum Gasteiger partial charge on any atom is 0.422 e. The molecule has 2 aromatic rings. The number of aromatic nitrogens is 4. The number of carbonyl (C=O) groups excluding carboxylic acids is 2. The molecule has 0 saturated carbocycles. The molecule has 0 bridgehead atoms. The maximum atomic E-state index is 14.4. The van der Waals surface area contributed by atoms with E-state index >= 15 is 0 Å². The van der Waals surface area contributed by atoms with Crippen molar-refractivity contribution in [2.45, 2.75) is 39.4 Å². The summed E-state index contributed by atoms with van der Waals surface area (Å²) in [6.07, 6.45) is 0.0884. The van der Waals surface area contributed by atoms with E-state index in [0.717, 1.165) is 5.57 Å². The number of ketones is 1. The van der Waals surface area contributed by atoms with Gasteiger partial charge in [-0.1, -0.05) is 11.6 Å². The Balaban J connectivity index is 1.81. The van der Waals surface area contributed by atoms with E-state index in [0.29, 0.717) is 16.7 Å². The summed E-state index contributed by atoms with van der Waals surface area (Å²) in [5.41, 5.74) is 0.237. The maximum absolute atomic E-state index is 14.4. The molecule has 0 aromatic carbocycles. The molecule has 192 valence electrons. The summed E-state index contributed by atoms with van der Waals surface area (Å²) in [6.45, 7) is 5.67. The van der Waals surface area contributed by atoms with Crippen LogP contribution in [0.3, 0.4) is 0 Å². The molecular formula is C24H27F3N6O3. The molecule has 1 N–H and O–H groups in total. The smallest absolute Gasteiger partial charge is 0.377 e. The number of aryl methyl sites for hydroxylation is 1. The molecular weight excluding hydrogens is 477 g/mol. The van der Waals surface area contributed by atoms with Gasteiger partial charge in [-0.3, -0.25) is 14.3 Å². The second kappa shape index (κ2) is 9.84. The number of amides is 1. The molecule has 12 heteroatoms. The van der Waals surface area contributed by atoms with Gasteiger partial charge in [-0.15, -0.1) is 0 Å². The van der Waals surface area contributed by atoms with Crippen LogP contribution in [-0.2, 0) is 22.8 Å². The number of ether oxygens (including phenoxy) is 1. The molecule has 1 aliphatic carbocycles. The van der Waals surface area contributed by atoms with Crippen molar-refractivity contribution in [3.05, 3.63) is 46.4 Å². The summed E-state index contributed by atoms with van der Waals surface area (Å²) < 4.78 is 50.2. The first kappa shape index (κ1) is 25.5. The zero-order valence-electron chi connectivity index (χ0n) is 20.4. The molecule has 1 saturated heterocycles. The van der Waals surface area contributed by atoms with Gasteiger partial charge in [0.2, 0.25) is 0 Å². The van der Waals surface area contributed by atoms with E-state index in [4.69, 9.17) is 4.74 Å². The number of alkyl halides is 3. The van der Waals surface area contributed by atoms with E-state index in [2.05, 4.69) is 20.4 Å². The minimum absolute atomic E-state index is 0.0577. The Labute approximate surface area is 206 Å². The van der Waals surface area contributed by atoms with Gasteiger partial charge < -0.3 is 15.0 Å². The average molecular weight is 505 g/mol. The normalized spacial score (nSPS) is 19.0. The Bertz CT molecular complexity index is 1260. The average Bonchev–Trinajstić information content (AvgIpc) is 3.23. The molecule has 2 aliphatic rings. The van der Waals surface area contributed by atoms with Crippen LogP contribution in [-0.4, -0.2) is 63.8 Å². The van der Waals surface area contributed by atoms with E-state index in [1.54, 1.807) is 27.1 Å². The summed E-state index contributed by atoms with van der Waals surface area (Å²) in [4.78, 5) is 35.5. The van der Waals surface area contributed by atoms with Crippen molar-refractivity contribution >= 4 is 17.5 Å². The first-order valence-electron chi connectivity index (χ1n) is 11.5. The number of nitrogens with zero attached hydrogens (tertiary/aromatic N) is 5. The van der Waals surface area contributed by atoms with E-state index in [1.165, 1.54) is 15.8 Å². The highest BCUT2D eigenvalue weighted by molar-refractivity contribution is 6.01. The van der Waals surface area contributed by atoms with Crippen molar-refractivity contribution in [3.63, 3.8) is 0 Å². The molecule has 1 fully saturated rings. The Morgan fingerprint density at radius 3 is 2.64 bits per heavy atom. The SMILES string of the molecule is CC1=CC(C)=C(CNC(=O)c2nc(-c3cnn(C)c3)nc(N3CCOC[C@@H]3C)c2C(F)(F)F)C(=O)C1. The van der Waals surface area contributed by atoms with Crippen LogP contribution in [0.4, 0.5) is 19.0 Å². The number of hydrogen-bond acceptors (Lipinski definition) is 7. The number of halogens is 3. The van der Waals surface area contributed by atoms with Gasteiger partial charge in [0, 0.05) is 38.3 Å². The lowest BCUT2D eigenvalue weighted by atomic mass is 9.92. The lowest BCUT2D eigenvalue weighted by Gasteiger charge is -2.36. The highest BCUT2D eigenvalue weighted by Gasteiger charge is 2.43. The van der Waals surface area contributed by atoms with Crippen molar-refractivity contribution in [2.75, 3.05) is 31.2 Å².